The lowest BCUT2D eigenvalue weighted by Gasteiger charge is -2.17. The van der Waals surface area contributed by atoms with Gasteiger partial charge in [-0.05, 0) is 39.3 Å². The number of nitrogens with one attached hydrogen (secondary N) is 1. The first-order valence-corrected chi connectivity index (χ1v) is 7.92. The summed E-state index contributed by atoms with van der Waals surface area (Å²) in [5.41, 5.74) is 3.33. The van der Waals surface area contributed by atoms with Crippen LogP contribution in [0, 0.1) is 12.3 Å². The number of hydrogen-bond acceptors (Lipinski definition) is 5. The molecule has 1 aromatic heterocycles. The van der Waals surface area contributed by atoms with Crippen molar-refractivity contribution < 1.29 is 19.2 Å². The molecule has 0 aliphatic rings. The van der Waals surface area contributed by atoms with Crippen molar-refractivity contribution in [2.45, 2.75) is 34.3 Å². The average molecular weight is 342 g/mol. The maximum atomic E-state index is 12.4. The zero-order chi connectivity index (χ0) is 18.4. The Kier molecular flexibility index (Phi) is 5.75. The van der Waals surface area contributed by atoms with Crippen molar-refractivity contribution in [3.8, 4) is 5.75 Å². The lowest BCUT2D eigenvalue weighted by Crippen LogP contribution is -2.33. The fourth-order valence-corrected chi connectivity index (χ4v) is 1.88. The number of carbonyl (C=O) groups excluding carboxylic acids is 2. The Balaban J connectivity index is 2.09. The Labute approximate surface area is 147 Å². The van der Waals surface area contributed by atoms with Crippen LogP contribution in [0.15, 0.2) is 42.6 Å². The fourth-order valence-electron chi connectivity index (χ4n) is 1.88. The van der Waals surface area contributed by atoms with Crippen LogP contribution in [0.2, 0.25) is 0 Å². The summed E-state index contributed by atoms with van der Waals surface area (Å²) in [5.74, 6) is -0.775. The van der Waals surface area contributed by atoms with Crippen LogP contribution >= 0.6 is 0 Å². The second kappa shape index (κ2) is 7.79. The van der Waals surface area contributed by atoms with Crippen LogP contribution in [0.25, 0.3) is 0 Å². The highest BCUT2D eigenvalue weighted by Crippen LogP contribution is 2.20. The summed E-state index contributed by atoms with van der Waals surface area (Å²) in [5, 5.41) is 0. The van der Waals surface area contributed by atoms with E-state index in [1.54, 1.807) is 33.8 Å². The van der Waals surface area contributed by atoms with E-state index in [2.05, 4.69) is 10.5 Å². The van der Waals surface area contributed by atoms with Crippen molar-refractivity contribution in [3.63, 3.8) is 0 Å². The standard InChI is InChI=1S/C19H22N2O4/c1-13-10-15(17(22)21-25-18(23)19(2,3)4)16(11-20-13)24-12-14-8-6-5-7-9-14/h5-11H,12H2,1-4H3,(H,21,22). The molecule has 0 saturated carbocycles. The highest BCUT2D eigenvalue weighted by atomic mass is 16.7. The number of amides is 1. The Morgan fingerprint density at radius 1 is 1.16 bits per heavy atom. The lowest BCUT2D eigenvalue weighted by atomic mass is 9.98. The van der Waals surface area contributed by atoms with Gasteiger partial charge in [-0.25, -0.2) is 4.79 Å². The molecule has 0 atom stereocenters. The Hall–Kier alpha value is -2.89. The molecule has 0 unspecified atom stereocenters. The Morgan fingerprint density at radius 3 is 2.48 bits per heavy atom. The summed E-state index contributed by atoms with van der Waals surface area (Å²) >= 11 is 0. The predicted octanol–water partition coefficient (Wildman–Crippen LogP) is 3.20. The molecular weight excluding hydrogens is 320 g/mol. The summed E-state index contributed by atoms with van der Waals surface area (Å²) < 4.78 is 5.71. The van der Waals surface area contributed by atoms with Crippen molar-refractivity contribution >= 4 is 11.9 Å². The van der Waals surface area contributed by atoms with Gasteiger partial charge in [0.05, 0.1) is 17.2 Å². The molecule has 0 bridgehead atoms. The zero-order valence-corrected chi connectivity index (χ0v) is 14.8. The third kappa shape index (κ3) is 5.31. The van der Waals surface area contributed by atoms with Gasteiger partial charge in [0.25, 0.3) is 5.91 Å². The second-order valence-corrected chi connectivity index (χ2v) is 6.67. The summed E-state index contributed by atoms with van der Waals surface area (Å²) in [6.07, 6.45) is 1.48. The first-order chi connectivity index (χ1) is 11.8. The van der Waals surface area contributed by atoms with Crippen LogP contribution in [0.3, 0.4) is 0 Å². The Bertz CT molecular complexity index is 752. The highest BCUT2D eigenvalue weighted by Gasteiger charge is 2.25. The minimum atomic E-state index is -0.714. The van der Waals surface area contributed by atoms with E-state index in [0.29, 0.717) is 18.1 Å². The molecule has 0 aliphatic carbocycles. The van der Waals surface area contributed by atoms with Gasteiger partial charge in [0.2, 0.25) is 0 Å². The second-order valence-electron chi connectivity index (χ2n) is 6.67. The molecule has 1 heterocycles. The quantitative estimate of drug-likeness (QED) is 0.863. The van der Waals surface area contributed by atoms with Gasteiger partial charge in [-0.3, -0.25) is 9.78 Å². The van der Waals surface area contributed by atoms with Crippen molar-refractivity contribution in [1.29, 1.82) is 0 Å². The molecule has 2 rings (SSSR count). The predicted molar refractivity (Wildman–Crippen MR) is 92.8 cm³/mol. The number of pyridine rings is 1. The molecule has 1 amide bonds. The topological polar surface area (TPSA) is 77.5 Å². The average Bonchev–Trinajstić information content (AvgIpc) is 2.58. The van der Waals surface area contributed by atoms with E-state index >= 15 is 0 Å². The molecule has 1 aromatic carbocycles. The van der Waals surface area contributed by atoms with E-state index in [1.807, 2.05) is 30.3 Å². The van der Waals surface area contributed by atoms with Crippen LogP contribution in [-0.4, -0.2) is 16.9 Å². The smallest absolute Gasteiger partial charge is 0.337 e. The molecule has 0 radical (unpaired) electrons. The number of rotatable bonds is 4. The third-order valence-corrected chi connectivity index (χ3v) is 3.33. The van der Waals surface area contributed by atoms with Gasteiger partial charge in [-0.1, -0.05) is 30.3 Å². The normalized spacial score (nSPS) is 10.9. The summed E-state index contributed by atoms with van der Waals surface area (Å²) in [4.78, 5) is 33.2. The van der Waals surface area contributed by atoms with E-state index < -0.39 is 17.3 Å². The summed E-state index contributed by atoms with van der Waals surface area (Å²) in [6, 6.07) is 11.2. The number of aromatic nitrogens is 1. The SMILES string of the molecule is Cc1cc(C(=O)NOC(=O)C(C)(C)C)c(OCc2ccccc2)cn1. The Morgan fingerprint density at radius 2 is 1.84 bits per heavy atom. The van der Waals surface area contributed by atoms with Crippen molar-refractivity contribution in [3.05, 3.63) is 59.4 Å². The van der Waals surface area contributed by atoms with Crippen molar-refractivity contribution in [2.24, 2.45) is 5.41 Å². The van der Waals surface area contributed by atoms with E-state index in [-0.39, 0.29) is 5.56 Å². The van der Waals surface area contributed by atoms with Gasteiger partial charge < -0.3 is 9.57 Å². The first kappa shape index (κ1) is 18.4. The van der Waals surface area contributed by atoms with Crippen LogP contribution in [0.1, 0.15) is 42.4 Å². The monoisotopic (exact) mass is 342 g/mol. The van der Waals surface area contributed by atoms with Gasteiger partial charge in [-0.15, -0.1) is 0 Å². The highest BCUT2D eigenvalue weighted by molar-refractivity contribution is 5.97. The largest absolute Gasteiger partial charge is 0.486 e. The number of aryl methyl sites for hydroxylation is 1. The summed E-state index contributed by atoms with van der Waals surface area (Å²) in [6.45, 7) is 7.16. The van der Waals surface area contributed by atoms with Gasteiger partial charge in [0.1, 0.15) is 6.61 Å². The van der Waals surface area contributed by atoms with E-state index in [9.17, 15) is 9.59 Å². The third-order valence-electron chi connectivity index (χ3n) is 3.33. The van der Waals surface area contributed by atoms with Crippen molar-refractivity contribution in [1.82, 2.24) is 10.5 Å². The van der Waals surface area contributed by atoms with E-state index in [1.165, 1.54) is 6.20 Å². The molecule has 6 nitrogen and oxygen atoms in total. The number of ether oxygens (including phenoxy) is 1. The van der Waals surface area contributed by atoms with Gasteiger partial charge in [-0.2, -0.15) is 5.48 Å². The number of hydrogen-bond donors (Lipinski definition) is 1. The molecule has 25 heavy (non-hydrogen) atoms. The molecule has 6 heteroatoms. The first-order valence-electron chi connectivity index (χ1n) is 7.92. The zero-order valence-electron chi connectivity index (χ0n) is 14.8. The lowest BCUT2D eigenvalue weighted by molar-refractivity contribution is -0.158. The van der Waals surface area contributed by atoms with Crippen LogP contribution in [0.5, 0.6) is 5.75 Å². The maximum Gasteiger partial charge on any atom is 0.337 e. The number of carbonyl (C=O) groups is 2. The minimum Gasteiger partial charge on any atom is -0.486 e. The van der Waals surface area contributed by atoms with Crippen LogP contribution in [-0.2, 0) is 16.2 Å². The molecule has 2 aromatic rings. The minimum absolute atomic E-state index is 0.255. The molecule has 0 aliphatic heterocycles. The molecule has 0 spiro atoms. The van der Waals surface area contributed by atoms with Gasteiger partial charge >= 0.3 is 5.97 Å². The molecule has 1 N–H and O–H groups in total. The van der Waals surface area contributed by atoms with E-state index in [4.69, 9.17) is 9.57 Å². The molecular formula is C19H22N2O4. The number of benzene rings is 1. The molecule has 0 saturated heterocycles. The maximum absolute atomic E-state index is 12.4. The fraction of sp³-hybridized carbons (Fsp3) is 0.316. The summed E-state index contributed by atoms with van der Waals surface area (Å²) in [7, 11) is 0. The van der Waals surface area contributed by atoms with Gasteiger partial charge in [0, 0.05) is 5.69 Å². The van der Waals surface area contributed by atoms with Gasteiger partial charge in [0.15, 0.2) is 5.75 Å². The van der Waals surface area contributed by atoms with Crippen LogP contribution < -0.4 is 10.2 Å². The number of hydroxylamine groups is 1. The number of nitrogens with zero attached hydrogens (tertiary/aromatic N) is 1. The molecule has 0 fully saturated rings. The van der Waals surface area contributed by atoms with E-state index in [0.717, 1.165) is 5.56 Å². The van der Waals surface area contributed by atoms with Crippen molar-refractivity contribution in [2.75, 3.05) is 0 Å². The molecule has 132 valence electrons. The van der Waals surface area contributed by atoms with Crippen LogP contribution in [0.4, 0.5) is 0 Å².